The van der Waals surface area contributed by atoms with Crippen LogP contribution in [-0.4, -0.2) is 61.2 Å². The van der Waals surface area contributed by atoms with Crippen LogP contribution in [0.2, 0.25) is 0 Å². The Kier molecular flexibility index (Phi) is 20.6. The highest BCUT2D eigenvalue weighted by atomic mass is 19.5. The molecule has 0 saturated carbocycles. The van der Waals surface area contributed by atoms with Gasteiger partial charge in [-0.1, -0.05) is 0 Å². The lowest BCUT2D eigenvalue weighted by atomic mass is 10.2. The van der Waals surface area contributed by atoms with Gasteiger partial charge in [-0.25, -0.2) is 0 Å². The van der Waals surface area contributed by atoms with Gasteiger partial charge in [-0.3, -0.25) is 30.6 Å². The first-order valence-corrected chi connectivity index (χ1v) is 17.4. The fourth-order valence-electron chi connectivity index (χ4n) is 4.30. The van der Waals surface area contributed by atoms with Crippen LogP contribution in [0, 0.1) is 0 Å². The quantitative estimate of drug-likeness (QED) is 0.0827. The zero-order valence-corrected chi connectivity index (χ0v) is 34.8. The summed E-state index contributed by atoms with van der Waals surface area (Å²) in [5.41, 5.74) is -22.1. The molecule has 0 aliphatic heterocycles. The first-order valence-electron chi connectivity index (χ1n) is 17.4. The topological polar surface area (TPSA) is 172 Å². The van der Waals surface area contributed by atoms with Crippen molar-refractivity contribution in [3.8, 4) is 0 Å². The SMILES string of the molecule is FC(F)(F)c1cn[nH]c1C(F)(F)F.FC(F)(F)c1cn[nH]c1C(F)(F)F.FC(F)(F)c1cn[nH]c1C(F)(F)F.FC(F)(F)c1cn[nH]c1C(F)(F)F.FC(F)(F)c1cn[nH]c1C(F)(F)F.FC(F)(F)c1cn[nH]c1C(F)(F)F. The summed E-state index contributed by atoms with van der Waals surface area (Å²) in [4.78, 5) is 0. The third-order valence-electron chi connectivity index (χ3n) is 7.37. The van der Waals surface area contributed by atoms with Gasteiger partial charge in [0.15, 0.2) is 34.2 Å². The van der Waals surface area contributed by atoms with Crippen LogP contribution in [0.4, 0.5) is 158 Å². The highest BCUT2D eigenvalue weighted by Gasteiger charge is 2.50. The normalized spacial score (nSPS) is 13.4. The number of nitrogens with one attached hydrogen (secondary N) is 6. The number of hydrogen-bond acceptors (Lipinski definition) is 6. The van der Waals surface area contributed by atoms with Crippen molar-refractivity contribution < 1.29 is 158 Å². The Morgan fingerprint density at radius 1 is 0.167 bits per heavy atom. The molecule has 0 aliphatic carbocycles. The van der Waals surface area contributed by atoms with Crippen molar-refractivity contribution in [1.29, 1.82) is 0 Å². The van der Waals surface area contributed by atoms with Gasteiger partial charge < -0.3 is 0 Å². The van der Waals surface area contributed by atoms with Crippen molar-refractivity contribution >= 4 is 0 Å². The van der Waals surface area contributed by atoms with Crippen LogP contribution in [0.1, 0.15) is 67.5 Å². The number of H-pyrrole nitrogens is 6. The fourth-order valence-corrected chi connectivity index (χ4v) is 4.30. The summed E-state index contributed by atoms with van der Waals surface area (Å²) in [5.74, 6) is 0. The van der Waals surface area contributed by atoms with E-state index in [0.29, 0.717) is 0 Å². The molecule has 0 fully saturated rings. The van der Waals surface area contributed by atoms with Crippen LogP contribution in [-0.2, 0) is 74.1 Å². The molecule has 6 rings (SSSR count). The summed E-state index contributed by atoms with van der Waals surface area (Å²) in [6, 6.07) is 0. The van der Waals surface area contributed by atoms with Gasteiger partial charge in [0.25, 0.3) is 0 Å². The molecule has 0 atom stereocenters. The van der Waals surface area contributed by atoms with E-state index in [2.05, 4.69) is 30.6 Å². The fraction of sp³-hybridized carbons (Fsp3) is 0.400. The van der Waals surface area contributed by atoms with Crippen LogP contribution in [0.3, 0.4) is 0 Å². The van der Waals surface area contributed by atoms with Crippen molar-refractivity contribution in [1.82, 2.24) is 61.2 Å². The number of aromatic amines is 6. The van der Waals surface area contributed by atoms with Gasteiger partial charge in [0, 0.05) is 0 Å². The van der Waals surface area contributed by atoms with Gasteiger partial charge in [0.2, 0.25) is 0 Å². The maximum atomic E-state index is 11.9. The number of rotatable bonds is 0. The van der Waals surface area contributed by atoms with E-state index in [1.807, 2.05) is 0 Å². The van der Waals surface area contributed by atoms with Gasteiger partial charge in [-0.05, 0) is 0 Å². The van der Waals surface area contributed by atoms with Crippen molar-refractivity contribution in [2.75, 3.05) is 0 Å². The molecule has 0 amide bonds. The minimum absolute atomic E-state index is 0.100. The van der Waals surface area contributed by atoms with Crippen molar-refractivity contribution in [2.24, 2.45) is 0 Å². The van der Waals surface area contributed by atoms with Crippen molar-refractivity contribution in [3.63, 3.8) is 0 Å². The lowest BCUT2D eigenvalue weighted by Gasteiger charge is -2.08. The van der Waals surface area contributed by atoms with Crippen LogP contribution >= 0.6 is 0 Å². The monoisotopic (exact) mass is 1220 g/mol. The molecule has 0 bridgehead atoms. The number of nitrogens with zero attached hydrogens (tertiary/aromatic N) is 6. The van der Waals surface area contributed by atoms with E-state index < -0.39 is 142 Å². The molecule has 48 heteroatoms. The Morgan fingerprint density at radius 2 is 0.256 bits per heavy atom. The largest absolute Gasteiger partial charge is 0.433 e. The molecule has 12 nitrogen and oxygen atoms in total. The Hall–Kier alpha value is -7.26. The molecular weight excluding hydrogens is 1210 g/mol. The summed E-state index contributed by atoms with van der Waals surface area (Å²) in [6.45, 7) is 0. The van der Waals surface area contributed by atoms with Gasteiger partial charge in [0.05, 0.1) is 37.2 Å². The van der Waals surface area contributed by atoms with Gasteiger partial charge >= 0.3 is 74.1 Å². The Bertz CT molecular complexity index is 2080. The predicted molar refractivity (Wildman–Crippen MR) is 172 cm³/mol. The summed E-state index contributed by atoms with van der Waals surface area (Å²) in [7, 11) is 0. The molecule has 0 radical (unpaired) electrons. The number of halogens is 36. The van der Waals surface area contributed by atoms with E-state index in [1.165, 1.54) is 30.6 Å². The van der Waals surface area contributed by atoms with Crippen LogP contribution < -0.4 is 0 Å². The van der Waals surface area contributed by atoms with Crippen molar-refractivity contribution in [2.45, 2.75) is 74.1 Å². The van der Waals surface area contributed by atoms with Crippen LogP contribution in [0.15, 0.2) is 37.2 Å². The molecule has 6 heterocycles. The summed E-state index contributed by atoms with van der Waals surface area (Å²) < 4.78 is 426. The molecule has 444 valence electrons. The molecule has 6 aromatic heterocycles. The van der Waals surface area contributed by atoms with E-state index in [4.69, 9.17) is 0 Å². The lowest BCUT2D eigenvalue weighted by Crippen LogP contribution is -2.15. The van der Waals surface area contributed by atoms with Gasteiger partial charge in [-0.15, -0.1) is 0 Å². The minimum atomic E-state index is -5.07. The molecule has 6 N–H and O–H groups in total. The number of hydrogen-bond donors (Lipinski definition) is 6. The standard InChI is InChI=1S/6C5H2F6N2/c6*6-4(7,8)2-1-12-13-3(2)5(9,10)11/h6*1H,(H,12,13). The summed E-state index contributed by atoms with van der Waals surface area (Å²) in [5, 5.41) is 23.7. The maximum Gasteiger partial charge on any atom is 0.433 e. The first-order chi connectivity index (χ1) is 34.4. The average molecular weight is 1220 g/mol. The molecule has 0 aromatic carbocycles. The van der Waals surface area contributed by atoms with E-state index in [-0.39, 0.29) is 37.2 Å². The van der Waals surface area contributed by atoms with Gasteiger partial charge in [-0.2, -0.15) is 189 Å². The van der Waals surface area contributed by atoms with Gasteiger partial charge in [0.1, 0.15) is 33.4 Å². The second-order valence-corrected chi connectivity index (χ2v) is 12.9. The Balaban J connectivity index is 0.000000468. The number of alkyl halides is 36. The smallest absolute Gasteiger partial charge is 0.273 e. The summed E-state index contributed by atoms with van der Waals surface area (Å²) >= 11 is 0. The predicted octanol–water partition coefficient (Wildman–Crippen LogP) is 14.7. The molecular formula is C30H12F36N12. The third-order valence-corrected chi connectivity index (χ3v) is 7.37. The molecule has 6 aromatic rings. The number of aromatic nitrogens is 12. The molecule has 0 unspecified atom stereocenters. The van der Waals surface area contributed by atoms with Crippen LogP contribution in [0.5, 0.6) is 0 Å². The molecule has 0 aliphatic rings. The van der Waals surface area contributed by atoms with E-state index in [1.54, 1.807) is 0 Å². The molecule has 0 saturated heterocycles. The average Bonchev–Trinajstić information content (AvgIpc) is 4.06. The highest BCUT2D eigenvalue weighted by Crippen LogP contribution is 2.44. The second-order valence-electron chi connectivity index (χ2n) is 12.9. The van der Waals surface area contributed by atoms with Crippen molar-refractivity contribution in [3.05, 3.63) is 105 Å². The first kappa shape index (κ1) is 68.8. The second kappa shape index (κ2) is 23.4. The summed E-state index contributed by atoms with van der Waals surface area (Å²) in [6.07, 6.45) is -60.1. The van der Waals surface area contributed by atoms with E-state index in [9.17, 15) is 158 Å². The van der Waals surface area contributed by atoms with Crippen LogP contribution in [0.25, 0.3) is 0 Å². The Labute approximate surface area is 398 Å². The molecule has 0 spiro atoms. The van der Waals surface area contributed by atoms with E-state index in [0.717, 1.165) is 0 Å². The zero-order chi connectivity index (χ0) is 61.7. The lowest BCUT2D eigenvalue weighted by molar-refractivity contribution is -0.163. The highest BCUT2D eigenvalue weighted by molar-refractivity contribution is 5.26. The third kappa shape index (κ3) is 20.3. The van der Waals surface area contributed by atoms with E-state index >= 15 is 0 Å². The molecule has 78 heavy (non-hydrogen) atoms. The zero-order valence-electron chi connectivity index (χ0n) is 34.8. The maximum absolute atomic E-state index is 11.9. The Morgan fingerprint density at radius 3 is 0.308 bits per heavy atom. The minimum Gasteiger partial charge on any atom is -0.273 e.